The van der Waals surface area contributed by atoms with Gasteiger partial charge in [-0.15, -0.1) is 0 Å². The maximum absolute atomic E-state index is 13.4. The van der Waals surface area contributed by atoms with Gasteiger partial charge in [-0.3, -0.25) is 9.59 Å². The van der Waals surface area contributed by atoms with Crippen molar-refractivity contribution in [1.82, 2.24) is 9.62 Å². The lowest BCUT2D eigenvalue weighted by Crippen LogP contribution is -2.54. The molecule has 2 aromatic carbocycles. The lowest BCUT2D eigenvalue weighted by Gasteiger charge is -2.37. The van der Waals surface area contributed by atoms with Gasteiger partial charge in [-0.25, -0.2) is 13.1 Å². The first-order valence-electron chi connectivity index (χ1n) is 10.2. The topological polar surface area (TPSA) is 114 Å². The highest BCUT2D eigenvalue weighted by Gasteiger charge is 2.40. The number of anilines is 1. The summed E-state index contributed by atoms with van der Waals surface area (Å²) in [5.74, 6) is 0.652. The van der Waals surface area contributed by atoms with E-state index in [0.717, 1.165) is 17.4 Å². The van der Waals surface area contributed by atoms with Crippen molar-refractivity contribution in [3.63, 3.8) is 0 Å². The van der Waals surface area contributed by atoms with Gasteiger partial charge in [0.15, 0.2) is 0 Å². The number of nitrogens with one attached hydrogen (secondary N) is 2. The number of benzene rings is 2. The van der Waals surface area contributed by atoms with E-state index in [-0.39, 0.29) is 24.8 Å². The monoisotopic (exact) mass is 459 g/mol. The zero-order chi connectivity index (χ0) is 23.0. The first-order valence-corrected chi connectivity index (χ1v) is 12.0. The summed E-state index contributed by atoms with van der Waals surface area (Å²) >= 11 is 0. The largest absolute Gasteiger partial charge is 0.497 e. The molecule has 2 aromatic rings. The predicted octanol–water partition coefficient (Wildman–Crippen LogP) is 1.85. The second-order valence-corrected chi connectivity index (χ2v) is 9.72. The number of rotatable bonds is 5. The molecule has 0 spiro atoms. The molecule has 0 saturated carbocycles. The Morgan fingerprint density at radius 3 is 2.53 bits per heavy atom. The number of hydrogen-bond donors (Lipinski definition) is 2. The second kappa shape index (κ2) is 8.44. The number of carbonyl (C=O) groups is 2. The molecular formula is C22H25N3O6S. The minimum absolute atomic E-state index is 0.220. The van der Waals surface area contributed by atoms with Crippen LogP contribution in [0, 0.1) is 0 Å². The number of ether oxygens (including phenoxy) is 2. The van der Waals surface area contributed by atoms with Crippen LogP contribution in [0.15, 0.2) is 36.4 Å². The Hall–Kier alpha value is -3.11. The molecule has 0 aliphatic carbocycles. The van der Waals surface area contributed by atoms with Crippen LogP contribution in [0.3, 0.4) is 0 Å². The van der Waals surface area contributed by atoms with Crippen molar-refractivity contribution >= 4 is 27.5 Å². The molecule has 170 valence electrons. The SMILES string of the molecule is COc1ccc(-c2ccc3c(c2)C(=O)N2CCC(NS(C)(=O)=O)CC2C(=O)N3)c(OC)c1. The summed E-state index contributed by atoms with van der Waals surface area (Å²) < 4.78 is 36.5. The number of fused-ring (bicyclic) bond motifs is 2. The van der Waals surface area contributed by atoms with Crippen LogP contribution in [-0.4, -0.2) is 64.2 Å². The fourth-order valence-electron chi connectivity index (χ4n) is 4.27. The first-order chi connectivity index (χ1) is 15.2. The standard InChI is InChI=1S/C22H25N3O6S/c1-30-15-5-6-16(20(12-15)31-2)13-4-7-18-17(10-13)22(27)25-9-8-14(24-32(3,28)29)11-19(25)21(26)23-18/h4-7,10,12,14,19,24H,8-9,11H2,1-3H3,(H,23,26). The number of methoxy groups -OCH3 is 2. The summed E-state index contributed by atoms with van der Waals surface area (Å²) in [5, 5.41) is 2.83. The Morgan fingerprint density at radius 1 is 1.06 bits per heavy atom. The summed E-state index contributed by atoms with van der Waals surface area (Å²) in [7, 11) is -0.275. The van der Waals surface area contributed by atoms with E-state index in [1.807, 2.05) is 18.2 Å². The van der Waals surface area contributed by atoms with Gasteiger partial charge in [0.25, 0.3) is 5.91 Å². The van der Waals surface area contributed by atoms with Crippen LogP contribution in [-0.2, 0) is 14.8 Å². The molecule has 2 heterocycles. The number of amides is 2. The highest BCUT2D eigenvalue weighted by molar-refractivity contribution is 7.88. The first kappa shape index (κ1) is 22.1. The Labute approximate surface area is 186 Å². The van der Waals surface area contributed by atoms with Crippen LogP contribution in [0.4, 0.5) is 5.69 Å². The highest BCUT2D eigenvalue weighted by atomic mass is 32.2. The smallest absolute Gasteiger partial charge is 0.256 e. The number of hydrogen-bond acceptors (Lipinski definition) is 6. The van der Waals surface area contributed by atoms with Crippen LogP contribution < -0.4 is 19.5 Å². The van der Waals surface area contributed by atoms with E-state index < -0.39 is 22.1 Å². The van der Waals surface area contributed by atoms with E-state index >= 15 is 0 Å². The molecule has 32 heavy (non-hydrogen) atoms. The summed E-state index contributed by atoms with van der Waals surface area (Å²) in [6.07, 6.45) is 1.74. The fraction of sp³-hybridized carbons (Fsp3) is 0.364. The van der Waals surface area contributed by atoms with Gasteiger partial charge in [-0.1, -0.05) is 6.07 Å². The van der Waals surface area contributed by atoms with Crippen molar-refractivity contribution < 1.29 is 27.5 Å². The molecule has 2 unspecified atom stereocenters. The molecule has 2 amide bonds. The maximum Gasteiger partial charge on any atom is 0.256 e. The highest BCUT2D eigenvalue weighted by Crippen LogP contribution is 2.36. The quantitative estimate of drug-likeness (QED) is 0.705. The Morgan fingerprint density at radius 2 is 1.84 bits per heavy atom. The van der Waals surface area contributed by atoms with Gasteiger partial charge in [0.05, 0.1) is 31.7 Å². The molecule has 9 nitrogen and oxygen atoms in total. The molecule has 0 radical (unpaired) electrons. The van der Waals surface area contributed by atoms with Gasteiger partial charge in [-0.2, -0.15) is 0 Å². The zero-order valence-corrected chi connectivity index (χ0v) is 18.9. The molecular weight excluding hydrogens is 434 g/mol. The van der Waals surface area contributed by atoms with Crippen LogP contribution in [0.25, 0.3) is 11.1 Å². The van der Waals surface area contributed by atoms with E-state index in [9.17, 15) is 18.0 Å². The normalized spacial score (nSPS) is 20.7. The lowest BCUT2D eigenvalue weighted by molar-refractivity contribution is -0.121. The summed E-state index contributed by atoms with van der Waals surface area (Å²) in [6, 6.07) is 9.54. The molecule has 0 aromatic heterocycles. The van der Waals surface area contributed by atoms with Crippen molar-refractivity contribution in [2.75, 3.05) is 32.3 Å². The van der Waals surface area contributed by atoms with Crippen LogP contribution >= 0.6 is 0 Å². The van der Waals surface area contributed by atoms with Crippen LogP contribution in [0.5, 0.6) is 11.5 Å². The van der Waals surface area contributed by atoms with Crippen molar-refractivity contribution in [1.29, 1.82) is 0 Å². The van der Waals surface area contributed by atoms with E-state index in [1.54, 1.807) is 32.4 Å². The molecule has 2 aliphatic rings. The van der Waals surface area contributed by atoms with E-state index in [2.05, 4.69) is 10.0 Å². The lowest BCUT2D eigenvalue weighted by atomic mass is 9.96. The summed E-state index contributed by atoms with van der Waals surface area (Å²) in [6.45, 7) is 0.277. The van der Waals surface area contributed by atoms with Gasteiger partial charge in [0, 0.05) is 24.2 Å². The summed E-state index contributed by atoms with van der Waals surface area (Å²) in [5.41, 5.74) is 2.36. The third-order valence-corrected chi connectivity index (χ3v) is 6.54. The molecule has 1 saturated heterocycles. The molecule has 2 N–H and O–H groups in total. The Kier molecular flexibility index (Phi) is 5.83. The zero-order valence-electron chi connectivity index (χ0n) is 18.0. The molecule has 4 rings (SSSR count). The van der Waals surface area contributed by atoms with Crippen molar-refractivity contribution in [2.24, 2.45) is 0 Å². The third-order valence-electron chi connectivity index (χ3n) is 5.77. The number of piperidine rings is 1. The minimum Gasteiger partial charge on any atom is -0.497 e. The Balaban J connectivity index is 1.68. The molecule has 1 fully saturated rings. The van der Waals surface area contributed by atoms with Gasteiger partial charge in [-0.05, 0) is 42.7 Å². The van der Waals surface area contributed by atoms with Crippen LogP contribution in [0.1, 0.15) is 23.2 Å². The van der Waals surface area contributed by atoms with Crippen LogP contribution in [0.2, 0.25) is 0 Å². The molecule has 2 atom stereocenters. The maximum atomic E-state index is 13.4. The number of carbonyl (C=O) groups excluding carboxylic acids is 2. The molecule has 0 bridgehead atoms. The number of sulfonamides is 1. The third kappa shape index (κ3) is 4.28. The second-order valence-electron chi connectivity index (χ2n) is 7.94. The van der Waals surface area contributed by atoms with E-state index in [4.69, 9.17) is 9.47 Å². The van der Waals surface area contributed by atoms with E-state index in [1.165, 1.54) is 4.90 Å². The predicted molar refractivity (Wildman–Crippen MR) is 119 cm³/mol. The van der Waals surface area contributed by atoms with Gasteiger partial charge >= 0.3 is 0 Å². The molecule has 10 heteroatoms. The van der Waals surface area contributed by atoms with E-state index in [0.29, 0.717) is 29.2 Å². The minimum atomic E-state index is -3.41. The average molecular weight is 460 g/mol. The van der Waals surface area contributed by atoms with Gasteiger partial charge < -0.3 is 19.7 Å². The van der Waals surface area contributed by atoms with Crippen molar-refractivity contribution in [3.05, 3.63) is 42.0 Å². The fourth-order valence-corrected chi connectivity index (χ4v) is 5.09. The van der Waals surface area contributed by atoms with Crippen molar-refractivity contribution in [2.45, 2.75) is 24.9 Å². The van der Waals surface area contributed by atoms with Crippen molar-refractivity contribution in [3.8, 4) is 22.6 Å². The van der Waals surface area contributed by atoms with Gasteiger partial charge in [0.1, 0.15) is 17.5 Å². The van der Waals surface area contributed by atoms with Gasteiger partial charge in [0.2, 0.25) is 15.9 Å². The Bertz CT molecular complexity index is 1180. The summed E-state index contributed by atoms with van der Waals surface area (Å²) in [4.78, 5) is 27.8. The molecule has 2 aliphatic heterocycles. The average Bonchev–Trinajstić information content (AvgIpc) is 2.86. The number of nitrogens with zero attached hydrogens (tertiary/aromatic N) is 1.